The molecule has 0 saturated heterocycles. The molecule has 1 heterocycles. The monoisotopic (exact) mass is 217 g/mol. The van der Waals surface area contributed by atoms with Gasteiger partial charge in [-0.05, 0) is 24.5 Å². The first-order chi connectivity index (χ1) is 7.70. The van der Waals surface area contributed by atoms with Crippen molar-refractivity contribution in [2.24, 2.45) is 4.99 Å². The van der Waals surface area contributed by atoms with Gasteiger partial charge in [0.05, 0.1) is 13.7 Å². The van der Waals surface area contributed by atoms with Gasteiger partial charge in [0.2, 0.25) is 0 Å². The first-order valence-electron chi connectivity index (χ1n) is 5.41. The number of benzene rings is 1. The Bertz CT molecular complexity index is 449. The molecule has 0 saturated carbocycles. The summed E-state index contributed by atoms with van der Waals surface area (Å²) in [4.78, 5) is 15.4. The summed E-state index contributed by atoms with van der Waals surface area (Å²) in [6, 6.07) is 6.29. The lowest BCUT2D eigenvalue weighted by Crippen LogP contribution is -2.02. The molecule has 3 nitrogen and oxygen atoms in total. The highest BCUT2D eigenvalue weighted by atomic mass is 16.5. The molecule has 1 aliphatic rings. The summed E-state index contributed by atoms with van der Waals surface area (Å²) in [5.41, 5.74) is 4.78. The molecule has 0 amide bonds. The van der Waals surface area contributed by atoms with Crippen molar-refractivity contribution in [3.05, 3.63) is 34.9 Å². The van der Waals surface area contributed by atoms with Crippen LogP contribution in [0.5, 0.6) is 0 Å². The van der Waals surface area contributed by atoms with E-state index in [-0.39, 0.29) is 5.97 Å². The first-order valence-corrected chi connectivity index (χ1v) is 5.41. The molecule has 0 aliphatic carbocycles. The highest BCUT2D eigenvalue weighted by Gasteiger charge is 2.12. The van der Waals surface area contributed by atoms with Crippen molar-refractivity contribution in [2.75, 3.05) is 7.11 Å². The molecule has 0 bridgehead atoms. The Balaban J connectivity index is 2.06. The number of carbonyl (C=O) groups excluding carboxylic acids is 1. The number of nitrogens with zero attached hydrogens (tertiary/aromatic N) is 1. The van der Waals surface area contributed by atoms with Gasteiger partial charge in [-0.2, -0.15) is 0 Å². The second kappa shape index (κ2) is 4.47. The Morgan fingerprint density at radius 1 is 1.50 bits per heavy atom. The molecule has 3 heteroatoms. The van der Waals surface area contributed by atoms with Crippen LogP contribution in [-0.2, 0) is 22.5 Å². The summed E-state index contributed by atoms with van der Waals surface area (Å²) >= 11 is 0. The van der Waals surface area contributed by atoms with Gasteiger partial charge in [-0.3, -0.25) is 9.79 Å². The largest absolute Gasteiger partial charge is 0.469 e. The van der Waals surface area contributed by atoms with E-state index < -0.39 is 0 Å². The fourth-order valence-electron chi connectivity index (χ4n) is 1.92. The lowest BCUT2D eigenvalue weighted by molar-refractivity contribution is -0.140. The van der Waals surface area contributed by atoms with Gasteiger partial charge in [0.1, 0.15) is 0 Å². The van der Waals surface area contributed by atoms with Gasteiger partial charge < -0.3 is 4.74 Å². The zero-order valence-electron chi connectivity index (χ0n) is 9.62. The quantitative estimate of drug-likeness (QED) is 0.727. The second-order valence-electron chi connectivity index (χ2n) is 3.97. The third kappa shape index (κ3) is 2.13. The smallest absolute Gasteiger partial charge is 0.305 e. The van der Waals surface area contributed by atoms with Crippen LogP contribution in [-0.4, -0.2) is 18.8 Å². The van der Waals surface area contributed by atoms with E-state index in [1.165, 1.54) is 23.8 Å². The van der Waals surface area contributed by atoms with Crippen LogP contribution in [0, 0.1) is 0 Å². The van der Waals surface area contributed by atoms with E-state index in [4.69, 9.17) is 0 Å². The normalized spacial score (nSPS) is 13.2. The molecule has 0 aromatic heterocycles. The highest BCUT2D eigenvalue weighted by molar-refractivity contribution is 6.01. The molecule has 84 valence electrons. The molecule has 1 aliphatic heterocycles. The van der Waals surface area contributed by atoms with E-state index >= 15 is 0 Å². The zero-order valence-corrected chi connectivity index (χ0v) is 9.62. The highest BCUT2D eigenvalue weighted by Crippen LogP contribution is 2.20. The Labute approximate surface area is 95.2 Å². The van der Waals surface area contributed by atoms with Crippen molar-refractivity contribution in [2.45, 2.75) is 26.3 Å². The lowest BCUT2D eigenvalue weighted by Gasteiger charge is -2.04. The molecule has 0 atom stereocenters. The molecular formula is C13H15NO2. The number of ether oxygens (including phenoxy) is 1. The molecular weight excluding hydrogens is 202 g/mol. The summed E-state index contributed by atoms with van der Waals surface area (Å²) < 4.78 is 4.62. The molecule has 1 aromatic rings. The van der Waals surface area contributed by atoms with Crippen LogP contribution < -0.4 is 0 Å². The first kappa shape index (κ1) is 10.9. The fraction of sp³-hybridized carbons (Fsp3) is 0.385. The maximum Gasteiger partial charge on any atom is 0.305 e. The van der Waals surface area contributed by atoms with E-state index in [9.17, 15) is 4.79 Å². The van der Waals surface area contributed by atoms with Gasteiger partial charge in [-0.1, -0.05) is 18.2 Å². The van der Waals surface area contributed by atoms with Gasteiger partial charge in [0.25, 0.3) is 0 Å². The van der Waals surface area contributed by atoms with Crippen molar-refractivity contribution in [3.63, 3.8) is 0 Å². The van der Waals surface area contributed by atoms with Crippen molar-refractivity contribution < 1.29 is 9.53 Å². The van der Waals surface area contributed by atoms with E-state index in [2.05, 4.69) is 27.9 Å². The van der Waals surface area contributed by atoms with Crippen LogP contribution in [0.15, 0.2) is 23.2 Å². The number of rotatable bonds is 3. The summed E-state index contributed by atoms with van der Waals surface area (Å²) in [5.74, 6) is -0.159. The predicted molar refractivity (Wildman–Crippen MR) is 62.7 cm³/mol. The lowest BCUT2D eigenvalue weighted by atomic mass is 10.0. The third-order valence-electron chi connectivity index (χ3n) is 2.89. The third-order valence-corrected chi connectivity index (χ3v) is 2.89. The topological polar surface area (TPSA) is 38.7 Å². The average molecular weight is 217 g/mol. The Hall–Kier alpha value is -1.64. The number of methoxy groups -OCH3 is 1. The standard InChI is InChI=1S/C13H15NO2/c1-9-12-5-3-10(4-6-13(15)16-2)7-11(12)8-14-9/h3,5,7H,4,6,8H2,1-2H3. The minimum atomic E-state index is -0.159. The van der Waals surface area contributed by atoms with Crippen molar-refractivity contribution in [1.82, 2.24) is 0 Å². The van der Waals surface area contributed by atoms with Crippen LogP contribution in [0.2, 0.25) is 0 Å². The Morgan fingerprint density at radius 2 is 2.31 bits per heavy atom. The molecule has 0 spiro atoms. The van der Waals surface area contributed by atoms with Gasteiger partial charge >= 0.3 is 5.97 Å². The number of carbonyl (C=O) groups is 1. The van der Waals surface area contributed by atoms with Crippen molar-refractivity contribution in [3.8, 4) is 0 Å². The molecule has 0 fully saturated rings. The summed E-state index contributed by atoms with van der Waals surface area (Å²) in [5, 5.41) is 0. The van der Waals surface area contributed by atoms with Crippen LogP contribution in [0.3, 0.4) is 0 Å². The fourth-order valence-corrected chi connectivity index (χ4v) is 1.92. The molecule has 0 radical (unpaired) electrons. The summed E-state index contributed by atoms with van der Waals surface area (Å²) in [7, 11) is 1.42. The zero-order chi connectivity index (χ0) is 11.5. The predicted octanol–water partition coefficient (Wildman–Crippen LogP) is 2.11. The number of hydrogen-bond acceptors (Lipinski definition) is 3. The van der Waals surface area contributed by atoms with E-state index in [0.29, 0.717) is 6.42 Å². The van der Waals surface area contributed by atoms with Gasteiger partial charge in [0, 0.05) is 17.7 Å². The SMILES string of the molecule is COC(=O)CCc1ccc2c(c1)CN=C2C. The van der Waals surface area contributed by atoms with Gasteiger partial charge in [0.15, 0.2) is 0 Å². The minimum Gasteiger partial charge on any atom is -0.469 e. The van der Waals surface area contributed by atoms with Gasteiger partial charge in [-0.15, -0.1) is 0 Å². The van der Waals surface area contributed by atoms with Gasteiger partial charge in [-0.25, -0.2) is 0 Å². The summed E-state index contributed by atoms with van der Waals surface area (Å²) in [6.45, 7) is 2.80. The Morgan fingerprint density at radius 3 is 3.06 bits per heavy atom. The van der Waals surface area contributed by atoms with Crippen LogP contribution in [0.1, 0.15) is 30.0 Å². The minimum absolute atomic E-state index is 0.159. The number of fused-ring (bicyclic) bond motifs is 1. The second-order valence-corrected chi connectivity index (χ2v) is 3.97. The maximum absolute atomic E-state index is 11.0. The number of hydrogen-bond donors (Lipinski definition) is 0. The van der Waals surface area contributed by atoms with Crippen molar-refractivity contribution >= 4 is 11.7 Å². The molecule has 16 heavy (non-hydrogen) atoms. The van der Waals surface area contributed by atoms with Crippen molar-refractivity contribution in [1.29, 1.82) is 0 Å². The Kier molecular flexibility index (Phi) is 3.04. The van der Waals surface area contributed by atoms with Crippen LogP contribution >= 0.6 is 0 Å². The number of aryl methyl sites for hydroxylation is 1. The van der Waals surface area contributed by atoms with E-state index in [1.807, 2.05) is 6.92 Å². The number of esters is 1. The maximum atomic E-state index is 11.0. The molecule has 0 N–H and O–H groups in total. The number of aliphatic imine (C=N–C) groups is 1. The summed E-state index contributed by atoms with van der Waals surface area (Å²) in [6.07, 6.45) is 1.17. The molecule has 1 aromatic carbocycles. The van der Waals surface area contributed by atoms with Crippen LogP contribution in [0.25, 0.3) is 0 Å². The average Bonchev–Trinajstić information content (AvgIpc) is 2.67. The van der Waals surface area contributed by atoms with E-state index in [0.717, 1.165) is 18.7 Å². The van der Waals surface area contributed by atoms with E-state index in [1.54, 1.807) is 0 Å². The molecule has 2 rings (SSSR count). The molecule has 0 unspecified atom stereocenters. The van der Waals surface area contributed by atoms with Crippen LogP contribution in [0.4, 0.5) is 0 Å².